The highest BCUT2D eigenvalue weighted by Gasteiger charge is 2.23. The highest BCUT2D eigenvalue weighted by Crippen LogP contribution is 2.33. The lowest BCUT2D eigenvalue weighted by Gasteiger charge is -2.18. The van der Waals surface area contributed by atoms with Crippen LogP contribution in [0.1, 0.15) is 54.4 Å². The molecule has 2 bridgehead atoms. The Morgan fingerprint density at radius 2 is 2.12 bits per heavy atom. The van der Waals surface area contributed by atoms with E-state index < -0.39 is 6.04 Å². The largest absolute Gasteiger partial charge is 0.469 e. The Kier molecular flexibility index (Phi) is 8.89. The lowest BCUT2D eigenvalue weighted by Crippen LogP contribution is -2.28. The zero-order valence-corrected chi connectivity index (χ0v) is 23.6. The number of aromatic amines is 1. The molecule has 5 rings (SSSR count). The number of fused-ring (bicyclic) bond motifs is 4. The minimum atomic E-state index is -0.448. The van der Waals surface area contributed by atoms with Crippen molar-refractivity contribution in [2.45, 2.75) is 38.1 Å². The van der Waals surface area contributed by atoms with Crippen LogP contribution in [0.3, 0.4) is 0 Å². The number of aromatic nitrogens is 6. The third-order valence-electron chi connectivity index (χ3n) is 6.89. The van der Waals surface area contributed by atoms with Gasteiger partial charge in [0.15, 0.2) is 5.69 Å². The zero-order chi connectivity index (χ0) is 29.5. The lowest BCUT2D eigenvalue weighted by atomic mass is 10.0. The molecule has 214 valence electrons. The number of benzene rings is 2. The third kappa shape index (κ3) is 6.64. The number of hydrogen-bond acceptors (Lipinski definition) is 9. The fourth-order valence-corrected chi connectivity index (χ4v) is 4.99. The standard InChI is InChI=1S/C29H28ClN9O3/c1-42-27(41)14-18-6-9-21-23(13-18)32-12-4-2-3-5-22(29-35-24(16-31)28(21)36-29)34-26(40)11-7-19-15-20(30)8-10-25(19)39-17-33-37-38-39/h6-11,13,15,17,22,32H,2-5,12,14H2,1H3,(H,34,40)(H,35,36)/b11-7+/t22-/m0/s1. The lowest BCUT2D eigenvalue weighted by molar-refractivity contribution is -0.139. The van der Waals surface area contributed by atoms with Crippen molar-refractivity contribution < 1.29 is 14.3 Å². The monoisotopic (exact) mass is 585 g/mol. The van der Waals surface area contributed by atoms with Crippen molar-refractivity contribution in [3.8, 4) is 23.0 Å². The van der Waals surface area contributed by atoms with Crippen LogP contribution >= 0.6 is 11.6 Å². The number of hydrogen-bond donors (Lipinski definition) is 3. The summed E-state index contributed by atoms with van der Waals surface area (Å²) < 4.78 is 6.30. The van der Waals surface area contributed by atoms with Gasteiger partial charge in [-0.15, -0.1) is 5.10 Å². The summed E-state index contributed by atoms with van der Waals surface area (Å²) in [7, 11) is 1.36. The topological polar surface area (TPSA) is 164 Å². The van der Waals surface area contributed by atoms with Gasteiger partial charge in [0.05, 0.1) is 31.0 Å². The summed E-state index contributed by atoms with van der Waals surface area (Å²) in [4.78, 5) is 32.8. The Morgan fingerprint density at radius 3 is 2.90 bits per heavy atom. The first-order chi connectivity index (χ1) is 20.4. The predicted molar refractivity (Wildman–Crippen MR) is 155 cm³/mol. The fraction of sp³-hybridized carbons (Fsp3) is 0.276. The number of carbonyl (C=O) groups is 2. The molecule has 12 nitrogen and oxygen atoms in total. The van der Waals surface area contributed by atoms with E-state index in [2.05, 4.69) is 42.2 Å². The van der Waals surface area contributed by atoms with Crippen LogP contribution in [0, 0.1) is 11.3 Å². The average molecular weight is 586 g/mol. The van der Waals surface area contributed by atoms with Crippen LogP contribution in [-0.2, 0) is 20.7 Å². The van der Waals surface area contributed by atoms with Crippen molar-refractivity contribution in [2.75, 3.05) is 19.0 Å². The number of nitrogens with zero attached hydrogens (tertiary/aromatic N) is 6. The normalized spacial score (nSPS) is 15.0. The summed E-state index contributed by atoms with van der Waals surface area (Å²) in [6.07, 6.45) is 7.96. The van der Waals surface area contributed by atoms with Crippen molar-refractivity contribution in [1.29, 1.82) is 5.26 Å². The molecule has 0 radical (unpaired) electrons. The number of halogens is 1. The highest BCUT2D eigenvalue weighted by atomic mass is 35.5. The number of nitriles is 1. The molecular formula is C29H28ClN9O3. The van der Waals surface area contributed by atoms with E-state index in [0.29, 0.717) is 40.8 Å². The van der Waals surface area contributed by atoms with Crippen molar-refractivity contribution in [2.24, 2.45) is 0 Å². The third-order valence-corrected chi connectivity index (χ3v) is 7.12. The molecule has 0 saturated heterocycles. The fourth-order valence-electron chi connectivity index (χ4n) is 4.81. The van der Waals surface area contributed by atoms with E-state index in [4.69, 9.17) is 16.3 Å². The Balaban J connectivity index is 1.42. The van der Waals surface area contributed by atoms with Gasteiger partial charge in [-0.2, -0.15) is 9.94 Å². The van der Waals surface area contributed by atoms with Crippen molar-refractivity contribution in [3.05, 3.63) is 76.5 Å². The number of imidazole rings is 1. The Bertz CT molecular complexity index is 1660. The van der Waals surface area contributed by atoms with Gasteiger partial charge >= 0.3 is 5.97 Å². The summed E-state index contributed by atoms with van der Waals surface area (Å²) in [5.74, 6) is -0.175. The first-order valence-electron chi connectivity index (χ1n) is 13.4. The number of carbonyl (C=O) groups excluding carboxylic acids is 2. The molecule has 0 saturated carbocycles. The maximum Gasteiger partial charge on any atom is 0.309 e. The average Bonchev–Trinajstić information content (AvgIpc) is 3.67. The van der Waals surface area contributed by atoms with Crippen molar-refractivity contribution >= 4 is 35.2 Å². The molecule has 1 aliphatic rings. The number of rotatable bonds is 6. The van der Waals surface area contributed by atoms with Gasteiger partial charge in [0.1, 0.15) is 18.2 Å². The van der Waals surface area contributed by atoms with Gasteiger partial charge < -0.3 is 20.4 Å². The summed E-state index contributed by atoms with van der Waals surface area (Å²) in [6.45, 7) is 0.709. The number of ether oxygens (including phenoxy) is 1. The molecule has 2 aromatic heterocycles. The summed E-state index contributed by atoms with van der Waals surface area (Å²) in [5, 5.41) is 28.2. The summed E-state index contributed by atoms with van der Waals surface area (Å²) in [5.41, 5.74) is 4.40. The van der Waals surface area contributed by atoms with Gasteiger partial charge in [0, 0.05) is 34.5 Å². The van der Waals surface area contributed by atoms with Crippen LogP contribution in [0.15, 0.2) is 48.8 Å². The number of anilines is 1. The van der Waals surface area contributed by atoms with E-state index in [-0.39, 0.29) is 24.0 Å². The molecular weight excluding hydrogens is 558 g/mol. The van der Waals surface area contributed by atoms with Crippen LogP contribution in [0.5, 0.6) is 0 Å². The van der Waals surface area contributed by atoms with E-state index in [1.807, 2.05) is 18.2 Å². The van der Waals surface area contributed by atoms with Crippen LogP contribution in [0.25, 0.3) is 23.0 Å². The molecule has 3 heterocycles. The van der Waals surface area contributed by atoms with Crippen molar-refractivity contribution in [3.63, 3.8) is 0 Å². The van der Waals surface area contributed by atoms with E-state index in [1.54, 1.807) is 24.3 Å². The molecule has 42 heavy (non-hydrogen) atoms. The van der Waals surface area contributed by atoms with E-state index in [0.717, 1.165) is 36.1 Å². The van der Waals surface area contributed by atoms with Gasteiger partial charge in [-0.1, -0.05) is 36.6 Å². The molecule has 0 fully saturated rings. The van der Waals surface area contributed by atoms with E-state index in [9.17, 15) is 14.9 Å². The molecule has 0 spiro atoms. The van der Waals surface area contributed by atoms with Crippen LogP contribution in [0.2, 0.25) is 5.02 Å². The first-order valence-corrected chi connectivity index (χ1v) is 13.8. The smallest absolute Gasteiger partial charge is 0.309 e. The number of esters is 1. The zero-order valence-electron chi connectivity index (χ0n) is 22.8. The van der Waals surface area contributed by atoms with E-state index >= 15 is 0 Å². The number of H-pyrrole nitrogens is 1. The van der Waals surface area contributed by atoms with E-state index in [1.165, 1.54) is 24.2 Å². The Morgan fingerprint density at radius 1 is 1.24 bits per heavy atom. The number of methoxy groups -OCH3 is 1. The minimum absolute atomic E-state index is 0.138. The van der Waals surface area contributed by atoms with Gasteiger partial charge in [-0.3, -0.25) is 9.59 Å². The van der Waals surface area contributed by atoms with Crippen LogP contribution < -0.4 is 10.6 Å². The molecule has 1 amide bonds. The molecule has 2 aromatic carbocycles. The van der Waals surface area contributed by atoms with Gasteiger partial charge in [-0.05, 0) is 59.2 Å². The quantitative estimate of drug-likeness (QED) is 0.223. The number of nitrogens with one attached hydrogen (secondary N) is 3. The molecule has 0 unspecified atom stereocenters. The van der Waals surface area contributed by atoms with Gasteiger partial charge in [0.25, 0.3) is 0 Å². The highest BCUT2D eigenvalue weighted by molar-refractivity contribution is 6.30. The first kappa shape index (κ1) is 28.5. The summed E-state index contributed by atoms with van der Waals surface area (Å²) in [6, 6.07) is 12.5. The second kappa shape index (κ2) is 13.1. The van der Waals surface area contributed by atoms with Crippen molar-refractivity contribution in [1.82, 2.24) is 35.5 Å². The predicted octanol–water partition coefficient (Wildman–Crippen LogP) is 4.15. The molecule has 1 atom stereocenters. The van der Waals surface area contributed by atoms with Gasteiger partial charge in [0.2, 0.25) is 5.91 Å². The SMILES string of the molecule is COC(=O)Cc1ccc2c(c1)NCCCCC[C@H](NC(=O)/C=C/c1cc(Cl)ccc1-n1cnnn1)c1nc(C#N)c-2[nH]1. The Labute approximate surface area is 246 Å². The Hall–Kier alpha value is -5.02. The molecule has 13 heteroatoms. The molecule has 1 aliphatic heterocycles. The summed E-state index contributed by atoms with van der Waals surface area (Å²) >= 11 is 6.20. The van der Waals surface area contributed by atoms with Crippen LogP contribution in [-0.4, -0.2) is 55.7 Å². The number of tetrazole rings is 1. The molecule has 4 aromatic rings. The second-order valence-electron chi connectivity index (χ2n) is 9.72. The van der Waals surface area contributed by atoms with Gasteiger partial charge in [-0.25, -0.2) is 4.98 Å². The number of amides is 1. The second-order valence-corrected chi connectivity index (χ2v) is 10.2. The maximum absolute atomic E-state index is 13.1. The van der Waals surface area contributed by atoms with Crippen LogP contribution in [0.4, 0.5) is 5.69 Å². The minimum Gasteiger partial charge on any atom is -0.469 e. The maximum atomic E-state index is 13.1. The molecule has 3 N–H and O–H groups in total. The molecule has 0 aliphatic carbocycles.